The van der Waals surface area contributed by atoms with Crippen LogP contribution in [0.1, 0.15) is 6.42 Å². The van der Waals surface area contributed by atoms with E-state index in [0.717, 1.165) is 13.0 Å². The molecule has 1 nitrogen and oxygen atoms in total. The molecule has 0 aliphatic carbocycles. The van der Waals surface area contributed by atoms with E-state index in [1.54, 1.807) is 0 Å². The number of hydrogen-bond donors (Lipinski definition) is 0. The van der Waals surface area contributed by atoms with E-state index in [2.05, 4.69) is 16.9 Å². The molecule has 91 valence electrons. The Balaban J connectivity index is 1.64. The third-order valence-corrected chi connectivity index (χ3v) is 8.22. The maximum Gasteiger partial charge on any atom is 0.131 e. The molecule has 3 aliphatic heterocycles. The third kappa shape index (κ3) is 3.28. The van der Waals surface area contributed by atoms with Gasteiger partial charge in [-0.3, -0.25) is 0 Å². The van der Waals surface area contributed by atoms with Gasteiger partial charge in [-0.1, -0.05) is 17.8 Å². The molecule has 0 spiro atoms. The Hall–Kier alpha value is 0.930. The van der Waals surface area contributed by atoms with Gasteiger partial charge >= 0.3 is 0 Å². The Morgan fingerprint density at radius 3 is 2.82 bits per heavy atom. The molecule has 0 bridgehead atoms. The summed E-state index contributed by atoms with van der Waals surface area (Å²) < 4.78 is 6.81. The lowest BCUT2D eigenvalue weighted by molar-refractivity contribution is 0.380. The van der Waals surface area contributed by atoms with Gasteiger partial charge in [-0.25, -0.2) is 0 Å². The molecule has 0 aromatic rings. The van der Waals surface area contributed by atoms with E-state index in [1.807, 2.05) is 47.0 Å². The standard InChI is InChI=1S/C11H11OS5/c1-2-8(17-12-3-1)11-15-7-10(16-11)9-6-13-4-5-14-9/h2,6-7H,1,3-5H2. The monoisotopic (exact) mass is 319 g/mol. The SMILES string of the molecule is C1=C([C]2SC=C(C3=CSCCS3)S2)SOCC1. The summed E-state index contributed by atoms with van der Waals surface area (Å²) in [5, 5.41) is 4.58. The molecule has 0 unspecified atom stereocenters. The third-order valence-electron chi connectivity index (χ3n) is 2.25. The van der Waals surface area contributed by atoms with Crippen molar-refractivity contribution in [2.24, 2.45) is 0 Å². The first-order valence-corrected chi connectivity index (χ1v) is 9.77. The van der Waals surface area contributed by atoms with E-state index in [1.165, 1.54) is 42.8 Å². The quantitative estimate of drug-likeness (QED) is 0.652. The summed E-state index contributed by atoms with van der Waals surface area (Å²) in [5.41, 5.74) is 0. The second kappa shape index (κ2) is 6.39. The van der Waals surface area contributed by atoms with Crippen molar-refractivity contribution < 1.29 is 4.18 Å². The van der Waals surface area contributed by atoms with Crippen molar-refractivity contribution in [2.75, 3.05) is 18.1 Å². The van der Waals surface area contributed by atoms with Gasteiger partial charge in [-0.2, -0.15) is 0 Å². The van der Waals surface area contributed by atoms with Crippen molar-refractivity contribution in [1.82, 2.24) is 0 Å². The van der Waals surface area contributed by atoms with Crippen molar-refractivity contribution in [1.29, 1.82) is 0 Å². The van der Waals surface area contributed by atoms with Crippen molar-refractivity contribution in [3.63, 3.8) is 0 Å². The second-order valence-corrected chi connectivity index (χ2v) is 8.60. The van der Waals surface area contributed by atoms with Crippen LogP contribution in [0.15, 0.2) is 31.6 Å². The van der Waals surface area contributed by atoms with Crippen LogP contribution >= 0.6 is 59.1 Å². The molecule has 0 amide bonds. The number of rotatable bonds is 2. The lowest BCUT2D eigenvalue weighted by atomic mass is 10.4. The molecular formula is C11H11OS5. The van der Waals surface area contributed by atoms with E-state index in [-0.39, 0.29) is 0 Å². The zero-order chi connectivity index (χ0) is 11.5. The van der Waals surface area contributed by atoms with E-state index in [0.29, 0.717) is 0 Å². The summed E-state index contributed by atoms with van der Waals surface area (Å²) >= 11 is 9.16. The van der Waals surface area contributed by atoms with Crippen LogP contribution in [0.2, 0.25) is 0 Å². The predicted molar refractivity (Wildman–Crippen MR) is 85.8 cm³/mol. The molecule has 3 heterocycles. The van der Waals surface area contributed by atoms with Crippen LogP contribution < -0.4 is 0 Å². The topological polar surface area (TPSA) is 9.23 Å². The molecule has 0 aromatic carbocycles. The fourth-order valence-electron chi connectivity index (χ4n) is 1.46. The van der Waals surface area contributed by atoms with Gasteiger partial charge in [-0.15, -0.1) is 35.3 Å². The summed E-state index contributed by atoms with van der Waals surface area (Å²) in [5.74, 6) is 2.47. The Kier molecular flexibility index (Phi) is 4.86. The maximum atomic E-state index is 5.43. The molecular weight excluding hydrogens is 308 g/mol. The minimum atomic E-state index is 0.842. The van der Waals surface area contributed by atoms with Gasteiger partial charge in [0.2, 0.25) is 0 Å². The van der Waals surface area contributed by atoms with Crippen LogP contribution in [0.25, 0.3) is 0 Å². The van der Waals surface area contributed by atoms with Crippen molar-refractivity contribution in [2.45, 2.75) is 6.42 Å². The number of thioether (sulfide) groups is 4. The predicted octanol–water partition coefficient (Wildman–Crippen LogP) is 5.07. The molecule has 0 N–H and O–H groups in total. The normalized spacial score (nSPS) is 26.5. The summed E-state index contributed by atoms with van der Waals surface area (Å²) in [4.78, 5) is 4.15. The molecule has 3 aliphatic rings. The van der Waals surface area contributed by atoms with E-state index < -0.39 is 0 Å². The fraction of sp³-hybridized carbons (Fsp3) is 0.364. The average Bonchev–Trinajstić information content (AvgIpc) is 2.90. The lowest BCUT2D eigenvalue weighted by Crippen LogP contribution is -1.97. The van der Waals surface area contributed by atoms with Crippen LogP contribution in [0, 0.1) is 4.58 Å². The molecule has 1 radical (unpaired) electrons. The zero-order valence-corrected chi connectivity index (χ0v) is 13.1. The van der Waals surface area contributed by atoms with Crippen LogP contribution in [0.3, 0.4) is 0 Å². The first-order chi connectivity index (χ1) is 8.43. The molecule has 0 fully saturated rings. The molecule has 6 heteroatoms. The van der Waals surface area contributed by atoms with Crippen LogP contribution in [0.5, 0.6) is 0 Å². The Morgan fingerprint density at radius 2 is 2.06 bits per heavy atom. The zero-order valence-electron chi connectivity index (χ0n) is 9.01. The highest BCUT2D eigenvalue weighted by Gasteiger charge is 2.28. The highest BCUT2D eigenvalue weighted by molar-refractivity contribution is 8.28. The minimum absolute atomic E-state index is 0.842. The highest BCUT2D eigenvalue weighted by Crippen LogP contribution is 2.57. The van der Waals surface area contributed by atoms with Crippen LogP contribution in [0.4, 0.5) is 0 Å². The summed E-state index contributed by atoms with van der Waals surface area (Å²) in [6, 6.07) is 0. The smallest absolute Gasteiger partial charge is 0.131 e. The highest BCUT2D eigenvalue weighted by atomic mass is 32.2. The second-order valence-electron chi connectivity index (χ2n) is 3.45. The van der Waals surface area contributed by atoms with Gasteiger partial charge < -0.3 is 4.18 Å². The van der Waals surface area contributed by atoms with Crippen molar-refractivity contribution in [3.05, 3.63) is 36.2 Å². The molecule has 0 aromatic heterocycles. The molecule has 0 saturated carbocycles. The van der Waals surface area contributed by atoms with Gasteiger partial charge in [0, 0.05) is 38.3 Å². The fourth-order valence-corrected chi connectivity index (χ4v) is 6.99. The lowest BCUT2D eigenvalue weighted by Gasteiger charge is -2.17. The maximum absolute atomic E-state index is 5.43. The summed E-state index contributed by atoms with van der Waals surface area (Å²) in [6.45, 7) is 0.842. The molecule has 0 saturated heterocycles. The van der Waals surface area contributed by atoms with Gasteiger partial charge in [0.05, 0.1) is 6.61 Å². The summed E-state index contributed by atoms with van der Waals surface area (Å²) in [7, 11) is 0. The average molecular weight is 320 g/mol. The van der Waals surface area contributed by atoms with Crippen molar-refractivity contribution in [3.8, 4) is 0 Å². The first kappa shape index (κ1) is 12.9. The van der Waals surface area contributed by atoms with Crippen molar-refractivity contribution >= 4 is 59.1 Å². The van der Waals surface area contributed by atoms with Crippen LogP contribution in [-0.4, -0.2) is 18.1 Å². The Morgan fingerprint density at radius 1 is 1.06 bits per heavy atom. The van der Waals surface area contributed by atoms with E-state index >= 15 is 0 Å². The first-order valence-electron chi connectivity index (χ1n) is 5.30. The largest absolute Gasteiger partial charge is 0.310 e. The number of hydrogen-bond acceptors (Lipinski definition) is 6. The van der Waals surface area contributed by atoms with Gasteiger partial charge in [0.25, 0.3) is 0 Å². The van der Waals surface area contributed by atoms with Gasteiger partial charge in [0.1, 0.15) is 4.58 Å². The van der Waals surface area contributed by atoms with E-state index in [4.69, 9.17) is 4.18 Å². The Labute approximate surface area is 123 Å². The minimum Gasteiger partial charge on any atom is -0.310 e. The van der Waals surface area contributed by atoms with Gasteiger partial charge in [-0.05, 0) is 17.2 Å². The Bertz CT molecular complexity index is 387. The van der Waals surface area contributed by atoms with Crippen LogP contribution in [-0.2, 0) is 4.18 Å². The molecule has 3 rings (SSSR count). The summed E-state index contributed by atoms with van der Waals surface area (Å²) in [6.07, 6.45) is 3.33. The molecule has 0 atom stereocenters. The van der Waals surface area contributed by atoms with E-state index in [9.17, 15) is 0 Å². The van der Waals surface area contributed by atoms with Gasteiger partial charge in [0.15, 0.2) is 0 Å². The molecule has 17 heavy (non-hydrogen) atoms.